The minimum absolute atomic E-state index is 0.174. The molecule has 3 heteroatoms. The average Bonchev–Trinajstić information content (AvgIpc) is 3.19. The van der Waals surface area contributed by atoms with E-state index in [1.54, 1.807) is 0 Å². The predicted octanol–water partition coefficient (Wildman–Crippen LogP) is 2.66. The van der Waals surface area contributed by atoms with Gasteiger partial charge < -0.3 is 4.90 Å². The smallest absolute Gasteiger partial charge is 0.233 e. The summed E-state index contributed by atoms with van der Waals surface area (Å²) < 4.78 is 0. The number of hydrogen-bond acceptors (Lipinski definition) is 2. The van der Waals surface area contributed by atoms with Crippen LogP contribution < -0.4 is 0 Å². The van der Waals surface area contributed by atoms with Crippen LogP contribution in [0.15, 0.2) is 30.3 Å². The Morgan fingerprint density at radius 1 is 1.04 bits per heavy atom. The number of carbonyl (C=O) groups excluding carboxylic acids is 1. The molecule has 1 aromatic rings. The zero-order valence-corrected chi connectivity index (χ0v) is 13.8. The molecular formula is C20H26N2O. The molecule has 0 unspecified atom stereocenters. The summed E-state index contributed by atoms with van der Waals surface area (Å²) in [6.07, 6.45) is 6.18. The molecule has 1 amide bonds. The van der Waals surface area contributed by atoms with E-state index in [-0.39, 0.29) is 5.41 Å². The third-order valence-electron chi connectivity index (χ3n) is 6.89. The van der Waals surface area contributed by atoms with Gasteiger partial charge in [-0.25, -0.2) is 0 Å². The van der Waals surface area contributed by atoms with Crippen molar-refractivity contribution < 1.29 is 4.79 Å². The molecule has 23 heavy (non-hydrogen) atoms. The molecule has 122 valence electrons. The summed E-state index contributed by atoms with van der Waals surface area (Å²) >= 11 is 0. The van der Waals surface area contributed by atoms with E-state index in [2.05, 4.69) is 34.1 Å². The van der Waals surface area contributed by atoms with Gasteiger partial charge in [0, 0.05) is 25.7 Å². The maximum Gasteiger partial charge on any atom is 0.233 e. The number of fused-ring (bicyclic) bond motifs is 3. The van der Waals surface area contributed by atoms with Gasteiger partial charge in [0.25, 0.3) is 0 Å². The van der Waals surface area contributed by atoms with Crippen molar-refractivity contribution in [3.63, 3.8) is 0 Å². The van der Waals surface area contributed by atoms with Crippen molar-refractivity contribution in [2.24, 2.45) is 11.8 Å². The first-order valence-corrected chi connectivity index (χ1v) is 9.37. The lowest BCUT2D eigenvalue weighted by atomic mass is 9.90. The van der Waals surface area contributed by atoms with Gasteiger partial charge in [0.05, 0.1) is 5.41 Å². The second kappa shape index (κ2) is 5.07. The average molecular weight is 310 g/mol. The topological polar surface area (TPSA) is 23.6 Å². The van der Waals surface area contributed by atoms with Gasteiger partial charge in [-0.3, -0.25) is 9.69 Å². The summed E-state index contributed by atoms with van der Waals surface area (Å²) in [5.41, 5.74) is 1.06. The molecule has 1 aliphatic carbocycles. The minimum atomic E-state index is -0.174. The van der Waals surface area contributed by atoms with Gasteiger partial charge in [-0.15, -0.1) is 0 Å². The van der Waals surface area contributed by atoms with Gasteiger partial charge in [0.1, 0.15) is 0 Å². The Bertz CT molecular complexity index is 609. The highest BCUT2D eigenvalue weighted by Crippen LogP contribution is 2.51. The molecule has 1 saturated carbocycles. The Balaban J connectivity index is 1.34. The lowest BCUT2D eigenvalue weighted by Crippen LogP contribution is -2.43. The molecule has 0 radical (unpaired) electrons. The molecule has 0 aromatic heterocycles. The molecule has 0 N–H and O–H groups in total. The molecule has 0 spiro atoms. The summed E-state index contributed by atoms with van der Waals surface area (Å²) in [7, 11) is 0. The zero-order chi connectivity index (χ0) is 15.4. The van der Waals surface area contributed by atoms with Crippen LogP contribution in [0, 0.1) is 11.8 Å². The Morgan fingerprint density at radius 2 is 1.87 bits per heavy atom. The number of benzene rings is 1. The lowest BCUT2D eigenvalue weighted by molar-refractivity contribution is -0.133. The molecule has 1 aromatic carbocycles. The molecule has 3 nitrogen and oxygen atoms in total. The zero-order valence-electron chi connectivity index (χ0n) is 13.8. The van der Waals surface area contributed by atoms with Crippen LogP contribution in [0.5, 0.6) is 0 Å². The number of likely N-dealkylation sites (tertiary alicyclic amines) is 1. The number of nitrogens with zero attached hydrogens (tertiary/aromatic N) is 2. The Kier molecular flexibility index (Phi) is 3.09. The van der Waals surface area contributed by atoms with E-state index in [1.807, 2.05) is 6.07 Å². The van der Waals surface area contributed by atoms with Gasteiger partial charge in [0.2, 0.25) is 5.91 Å². The van der Waals surface area contributed by atoms with Crippen LogP contribution in [0.3, 0.4) is 0 Å². The molecule has 3 saturated heterocycles. The number of piperidine rings is 1. The Labute approximate surface area is 138 Å². The number of hydrogen-bond donors (Lipinski definition) is 0. The van der Waals surface area contributed by atoms with Gasteiger partial charge in [-0.1, -0.05) is 36.8 Å². The number of carbonyl (C=O) groups is 1. The third-order valence-corrected chi connectivity index (χ3v) is 6.89. The van der Waals surface area contributed by atoms with Crippen LogP contribution >= 0.6 is 0 Å². The normalized spacial score (nSPS) is 35.0. The first-order valence-electron chi connectivity index (χ1n) is 9.37. The highest BCUT2D eigenvalue weighted by Gasteiger charge is 2.56. The van der Waals surface area contributed by atoms with Gasteiger partial charge >= 0.3 is 0 Å². The first kappa shape index (κ1) is 14.0. The molecule has 5 rings (SSSR count). The van der Waals surface area contributed by atoms with Crippen molar-refractivity contribution in [1.82, 2.24) is 9.80 Å². The summed E-state index contributed by atoms with van der Waals surface area (Å²) in [6, 6.07) is 11.2. The van der Waals surface area contributed by atoms with Crippen molar-refractivity contribution in [1.29, 1.82) is 0 Å². The fourth-order valence-corrected chi connectivity index (χ4v) is 5.53. The molecule has 0 bridgehead atoms. The molecule has 4 aliphatic rings. The van der Waals surface area contributed by atoms with Crippen molar-refractivity contribution in [3.05, 3.63) is 35.9 Å². The van der Waals surface area contributed by atoms with E-state index in [9.17, 15) is 4.79 Å². The minimum Gasteiger partial charge on any atom is -0.341 e. The second-order valence-corrected chi connectivity index (χ2v) is 8.14. The van der Waals surface area contributed by atoms with Gasteiger partial charge in [0.15, 0.2) is 0 Å². The summed E-state index contributed by atoms with van der Waals surface area (Å²) in [5.74, 6) is 1.89. The van der Waals surface area contributed by atoms with E-state index in [1.165, 1.54) is 37.9 Å². The van der Waals surface area contributed by atoms with Crippen molar-refractivity contribution >= 4 is 5.91 Å². The molecular weight excluding hydrogens is 284 g/mol. The van der Waals surface area contributed by atoms with E-state index in [0.717, 1.165) is 43.8 Å². The fraction of sp³-hybridized carbons (Fsp3) is 0.650. The fourth-order valence-electron chi connectivity index (χ4n) is 5.53. The molecule has 3 atom stereocenters. The monoisotopic (exact) mass is 310 g/mol. The van der Waals surface area contributed by atoms with E-state index in [4.69, 9.17) is 0 Å². The summed E-state index contributed by atoms with van der Waals surface area (Å²) in [4.78, 5) is 18.2. The largest absolute Gasteiger partial charge is 0.341 e. The van der Waals surface area contributed by atoms with Gasteiger partial charge in [-0.2, -0.15) is 0 Å². The number of rotatable bonds is 2. The van der Waals surface area contributed by atoms with E-state index < -0.39 is 0 Å². The first-order chi connectivity index (χ1) is 11.3. The van der Waals surface area contributed by atoms with E-state index >= 15 is 0 Å². The highest BCUT2D eigenvalue weighted by atomic mass is 16.2. The highest BCUT2D eigenvalue weighted by molar-refractivity contribution is 5.91. The standard InChI is InChI=1S/C20H26N2O/c23-19(20(9-10-20)16-6-2-1-3-7-16)22-13-15-12-21-11-5-4-8-18(21)17(15)14-22/h1-3,6-7,15,17-18H,4-5,8-14H2/t15-,17-,18-/m0/s1. The van der Waals surface area contributed by atoms with Crippen molar-refractivity contribution in [3.8, 4) is 0 Å². The van der Waals surface area contributed by atoms with Crippen LogP contribution in [0.1, 0.15) is 37.7 Å². The summed E-state index contributed by atoms with van der Waals surface area (Å²) in [6.45, 7) is 4.54. The SMILES string of the molecule is O=C(N1C[C@@H]2CN3CCCC[C@H]3[C@H]2C1)C1(c2ccccc2)CC1. The van der Waals surface area contributed by atoms with Crippen molar-refractivity contribution in [2.45, 2.75) is 43.6 Å². The Morgan fingerprint density at radius 3 is 2.65 bits per heavy atom. The van der Waals surface area contributed by atoms with Crippen LogP contribution in [-0.2, 0) is 10.2 Å². The summed E-state index contributed by atoms with van der Waals surface area (Å²) in [5, 5.41) is 0. The van der Waals surface area contributed by atoms with Crippen molar-refractivity contribution in [2.75, 3.05) is 26.2 Å². The second-order valence-electron chi connectivity index (χ2n) is 8.14. The van der Waals surface area contributed by atoms with Gasteiger partial charge in [-0.05, 0) is 49.6 Å². The Hall–Kier alpha value is -1.35. The lowest BCUT2D eigenvalue weighted by Gasteiger charge is -2.33. The quantitative estimate of drug-likeness (QED) is 0.838. The maximum absolute atomic E-state index is 13.2. The number of amides is 1. The maximum atomic E-state index is 13.2. The third kappa shape index (κ3) is 2.09. The predicted molar refractivity (Wildman–Crippen MR) is 90.1 cm³/mol. The molecule has 3 heterocycles. The van der Waals surface area contributed by atoms with Crippen LogP contribution in [0.4, 0.5) is 0 Å². The van der Waals surface area contributed by atoms with Crippen LogP contribution in [0.2, 0.25) is 0 Å². The molecule has 3 aliphatic heterocycles. The van der Waals surface area contributed by atoms with Crippen LogP contribution in [-0.4, -0.2) is 47.9 Å². The molecule has 4 fully saturated rings. The van der Waals surface area contributed by atoms with Crippen LogP contribution in [0.25, 0.3) is 0 Å². The van der Waals surface area contributed by atoms with E-state index in [0.29, 0.717) is 5.91 Å².